The predicted octanol–water partition coefficient (Wildman–Crippen LogP) is 6.10. The maximum absolute atomic E-state index is 13.9. The first-order chi connectivity index (χ1) is 17.8. The highest BCUT2D eigenvalue weighted by Gasteiger charge is 2.23. The van der Waals surface area contributed by atoms with Crippen molar-refractivity contribution in [2.24, 2.45) is 0 Å². The summed E-state index contributed by atoms with van der Waals surface area (Å²) in [5.74, 6) is -1.77. The third-order valence-electron chi connectivity index (χ3n) is 5.92. The van der Waals surface area contributed by atoms with Gasteiger partial charge in [0.15, 0.2) is 0 Å². The average Bonchev–Trinajstić information content (AvgIpc) is 3.38. The van der Waals surface area contributed by atoms with Gasteiger partial charge in [-0.2, -0.15) is 11.3 Å². The van der Waals surface area contributed by atoms with Crippen LogP contribution in [0.5, 0.6) is 0 Å². The van der Waals surface area contributed by atoms with E-state index < -0.39 is 23.8 Å². The Morgan fingerprint density at radius 1 is 1.00 bits per heavy atom. The van der Waals surface area contributed by atoms with E-state index in [1.54, 1.807) is 17.4 Å². The van der Waals surface area contributed by atoms with Crippen LogP contribution in [0.2, 0.25) is 0 Å². The van der Waals surface area contributed by atoms with Crippen molar-refractivity contribution in [1.29, 1.82) is 0 Å². The Hall–Kier alpha value is -2.66. The molecular formula is C29H27F2IN2O2S. The van der Waals surface area contributed by atoms with Crippen LogP contribution < -0.4 is 10.6 Å². The molecule has 1 aromatic heterocycles. The van der Waals surface area contributed by atoms with Crippen molar-refractivity contribution < 1.29 is 18.7 Å². The van der Waals surface area contributed by atoms with Crippen molar-refractivity contribution in [1.82, 2.24) is 10.6 Å². The Balaban J connectivity index is 1.51. The fraction of sp³-hybridized carbons (Fsp3) is 0.207. The first-order valence-electron chi connectivity index (χ1n) is 11.8. The molecule has 4 nitrogen and oxygen atoms in total. The largest absolute Gasteiger partial charge is 0.390 e. The summed E-state index contributed by atoms with van der Waals surface area (Å²) in [5, 5.41) is 21.1. The molecule has 0 spiro atoms. The van der Waals surface area contributed by atoms with E-state index in [1.165, 1.54) is 12.1 Å². The van der Waals surface area contributed by atoms with Gasteiger partial charge in [-0.25, -0.2) is 8.78 Å². The van der Waals surface area contributed by atoms with Crippen molar-refractivity contribution in [2.45, 2.75) is 32.0 Å². The highest BCUT2D eigenvalue weighted by atomic mass is 127. The normalized spacial score (nSPS) is 12.8. The lowest BCUT2D eigenvalue weighted by atomic mass is 9.98. The molecule has 8 heteroatoms. The molecule has 1 heterocycles. The average molecular weight is 633 g/mol. The van der Waals surface area contributed by atoms with Gasteiger partial charge in [0.05, 0.1) is 12.1 Å². The first-order valence-corrected chi connectivity index (χ1v) is 13.8. The van der Waals surface area contributed by atoms with Gasteiger partial charge < -0.3 is 15.7 Å². The zero-order valence-corrected chi connectivity index (χ0v) is 23.2. The van der Waals surface area contributed by atoms with E-state index in [1.807, 2.05) is 60.1 Å². The van der Waals surface area contributed by atoms with Gasteiger partial charge in [-0.1, -0.05) is 18.2 Å². The van der Waals surface area contributed by atoms with Gasteiger partial charge in [-0.05, 0) is 117 Å². The molecule has 0 bridgehead atoms. The van der Waals surface area contributed by atoms with Gasteiger partial charge in [0.2, 0.25) is 0 Å². The molecule has 37 heavy (non-hydrogen) atoms. The van der Waals surface area contributed by atoms with Crippen molar-refractivity contribution in [3.05, 3.63) is 115 Å². The molecule has 0 aliphatic carbocycles. The number of aliphatic hydroxyl groups is 1. The van der Waals surface area contributed by atoms with Crippen LogP contribution in [0, 0.1) is 22.1 Å². The Morgan fingerprint density at radius 3 is 2.49 bits per heavy atom. The van der Waals surface area contributed by atoms with Crippen LogP contribution in [0.1, 0.15) is 27.0 Å². The van der Waals surface area contributed by atoms with Gasteiger partial charge in [0.25, 0.3) is 5.91 Å². The molecule has 0 saturated heterocycles. The predicted molar refractivity (Wildman–Crippen MR) is 153 cm³/mol. The highest BCUT2D eigenvalue weighted by molar-refractivity contribution is 14.1. The molecule has 2 atom stereocenters. The van der Waals surface area contributed by atoms with Crippen molar-refractivity contribution in [2.75, 3.05) is 6.54 Å². The third kappa shape index (κ3) is 7.91. The van der Waals surface area contributed by atoms with E-state index in [9.17, 15) is 18.7 Å². The summed E-state index contributed by atoms with van der Waals surface area (Å²) in [6, 6.07) is 18.0. The van der Waals surface area contributed by atoms with Crippen LogP contribution >= 0.6 is 33.9 Å². The molecule has 4 aromatic rings. The van der Waals surface area contributed by atoms with Crippen LogP contribution in [0.25, 0.3) is 11.1 Å². The highest BCUT2D eigenvalue weighted by Crippen LogP contribution is 2.25. The molecule has 0 aliphatic rings. The molecule has 1 amide bonds. The summed E-state index contributed by atoms with van der Waals surface area (Å²) in [5.41, 5.74) is 4.74. The summed E-state index contributed by atoms with van der Waals surface area (Å²) < 4.78 is 28.8. The second-order valence-electron chi connectivity index (χ2n) is 8.99. The minimum Gasteiger partial charge on any atom is -0.390 e. The van der Waals surface area contributed by atoms with E-state index in [4.69, 9.17) is 0 Å². The quantitative estimate of drug-likeness (QED) is 0.185. The van der Waals surface area contributed by atoms with Crippen LogP contribution in [-0.2, 0) is 13.0 Å². The molecule has 0 radical (unpaired) electrons. The van der Waals surface area contributed by atoms with E-state index in [0.717, 1.165) is 31.9 Å². The lowest BCUT2D eigenvalue weighted by molar-refractivity contribution is 0.0830. The molecule has 0 aliphatic heterocycles. The number of aryl methyl sites for hydroxylation is 1. The maximum atomic E-state index is 13.9. The van der Waals surface area contributed by atoms with E-state index in [2.05, 4.69) is 33.2 Å². The Kier molecular flexibility index (Phi) is 9.42. The Morgan fingerprint density at radius 2 is 1.78 bits per heavy atom. The first kappa shape index (κ1) is 27.4. The van der Waals surface area contributed by atoms with Gasteiger partial charge in [-0.3, -0.25) is 4.79 Å². The third-order valence-corrected chi connectivity index (χ3v) is 7.28. The summed E-state index contributed by atoms with van der Waals surface area (Å²) in [7, 11) is 0. The molecule has 0 fully saturated rings. The number of amides is 1. The number of rotatable bonds is 10. The summed E-state index contributed by atoms with van der Waals surface area (Å²) >= 11 is 3.82. The Labute approximate surface area is 232 Å². The van der Waals surface area contributed by atoms with Crippen LogP contribution in [-0.4, -0.2) is 29.7 Å². The number of benzene rings is 3. The number of hydrogen-bond acceptors (Lipinski definition) is 4. The second-order valence-corrected chi connectivity index (χ2v) is 11.0. The number of nitrogens with one attached hydrogen (secondary N) is 2. The molecule has 3 N–H and O–H groups in total. The van der Waals surface area contributed by atoms with E-state index in [0.29, 0.717) is 17.7 Å². The molecular weight excluding hydrogens is 605 g/mol. The van der Waals surface area contributed by atoms with Crippen LogP contribution in [0.4, 0.5) is 8.78 Å². The van der Waals surface area contributed by atoms with Crippen molar-refractivity contribution in [3.63, 3.8) is 0 Å². The number of carbonyl (C=O) groups excluding carboxylic acids is 1. The minimum atomic E-state index is -1.00. The van der Waals surface area contributed by atoms with Gasteiger partial charge in [-0.15, -0.1) is 0 Å². The topological polar surface area (TPSA) is 61.4 Å². The number of aliphatic hydroxyl groups excluding tert-OH is 1. The van der Waals surface area contributed by atoms with Crippen LogP contribution in [0.15, 0.2) is 77.5 Å². The van der Waals surface area contributed by atoms with Gasteiger partial charge >= 0.3 is 0 Å². The fourth-order valence-corrected chi connectivity index (χ4v) is 5.45. The van der Waals surface area contributed by atoms with Crippen LogP contribution in [0.3, 0.4) is 0 Å². The number of thiophene rings is 1. The zero-order valence-electron chi connectivity index (χ0n) is 20.2. The van der Waals surface area contributed by atoms with Crippen molar-refractivity contribution >= 4 is 39.8 Å². The molecule has 0 saturated carbocycles. The standard InChI is InChI=1S/C29H27F2IN2O2S/c1-18-7-22(21-5-6-37-17-21)13-23(8-18)29(36)34-27(12-20-9-24(30)14-25(31)10-20)28(35)16-33-15-19-3-2-4-26(32)11-19/h2-11,13-14,17,27-28,33,35H,12,15-16H2,1H3,(H,34,36)/t27-,28-/m0/s1. The summed E-state index contributed by atoms with van der Waals surface area (Å²) in [6.45, 7) is 2.64. The number of halogens is 3. The molecule has 4 rings (SSSR count). The van der Waals surface area contributed by atoms with Gasteiger partial charge in [0.1, 0.15) is 11.6 Å². The van der Waals surface area contributed by atoms with E-state index >= 15 is 0 Å². The summed E-state index contributed by atoms with van der Waals surface area (Å²) in [4.78, 5) is 13.3. The fourth-order valence-electron chi connectivity index (χ4n) is 4.18. The monoisotopic (exact) mass is 632 g/mol. The maximum Gasteiger partial charge on any atom is 0.251 e. The lowest BCUT2D eigenvalue weighted by Gasteiger charge is -2.25. The van der Waals surface area contributed by atoms with Gasteiger partial charge in [0, 0.05) is 28.3 Å². The lowest BCUT2D eigenvalue weighted by Crippen LogP contribution is -2.48. The number of carbonyl (C=O) groups is 1. The second kappa shape index (κ2) is 12.7. The molecule has 3 aromatic carbocycles. The van der Waals surface area contributed by atoms with Crippen molar-refractivity contribution in [3.8, 4) is 11.1 Å². The smallest absolute Gasteiger partial charge is 0.251 e. The molecule has 192 valence electrons. The zero-order chi connectivity index (χ0) is 26.4. The number of hydrogen-bond donors (Lipinski definition) is 3. The Bertz CT molecular complexity index is 1340. The summed E-state index contributed by atoms with van der Waals surface area (Å²) in [6.07, 6.45) is -0.936. The minimum absolute atomic E-state index is 0.0652. The molecule has 0 unspecified atom stereocenters. The SMILES string of the molecule is Cc1cc(C(=O)N[C@@H](Cc2cc(F)cc(F)c2)[C@@H](O)CNCc2cccc(I)c2)cc(-c2ccsc2)c1. The van der Waals surface area contributed by atoms with E-state index in [-0.39, 0.29) is 18.9 Å².